The van der Waals surface area contributed by atoms with E-state index in [1.165, 1.54) is 0 Å². The molecule has 0 spiro atoms. The fourth-order valence-corrected chi connectivity index (χ4v) is 1.02. The lowest BCUT2D eigenvalue weighted by atomic mass is 10.2. The number of nitrogens with one attached hydrogen (secondary N) is 2. The van der Waals surface area contributed by atoms with Crippen LogP contribution in [0.3, 0.4) is 0 Å². The molecule has 0 atom stereocenters. The maximum atomic E-state index is 11.2. The molecule has 1 aromatic heterocycles. The number of carbonyl (C=O) groups is 2. The largest absolute Gasteiger partial charge is 0.481 e. The number of carbonyl (C=O) groups excluding carboxylic acids is 1. The van der Waals surface area contributed by atoms with Gasteiger partial charge < -0.3 is 15.4 Å². The Hall–Kier alpha value is -1.78. The van der Waals surface area contributed by atoms with Crippen molar-refractivity contribution in [3.63, 3.8) is 0 Å². The molecule has 1 rings (SSSR count). The Bertz CT molecular complexity index is 306. The summed E-state index contributed by atoms with van der Waals surface area (Å²) < 4.78 is 0. The lowest BCUT2D eigenvalue weighted by molar-refractivity contribution is -0.137. The molecule has 0 aliphatic heterocycles. The number of hydrogen-bond donors (Lipinski definition) is 3. The van der Waals surface area contributed by atoms with Gasteiger partial charge in [-0.1, -0.05) is 0 Å². The van der Waals surface area contributed by atoms with Crippen LogP contribution in [0.1, 0.15) is 19.3 Å². The molecule has 0 radical (unpaired) electrons. The molecule has 76 valence electrons. The van der Waals surface area contributed by atoms with E-state index in [2.05, 4.69) is 10.3 Å². The van der Waals surface area contributed by atoms with Crippen LogP contribution in [0.2, 0.25) is 0 Å². The second-order valence-electron chi connectivity index (χ2n) is 2.88. The van der Waals surface area contributed by atoms with Gasteiger partial charge in [-0.25, -0.2) is 0 Å². The number of carboxylic acids is 1. The molecular formula is C9H12N2O3. The molecular weight excluding hydrogens is 184 g/mol. The summed E-state index contributed by atoms with van der Waals surface area (Å²) in [4.78, 5) is 24.1. The molecule has 0 aliphatic carbocycles. The van der Waals surface area contributed by atoms with Crippen molar-refractivity contribution in [1.82, 2.24) is 4.98 Å². The molecule has 0 unspecified atom stereocenters. The van der Waals surface area contributed by atoms with Gasteiger partial charge in [0.1, 0.15) is 5.82 Å². The van der Waals surface area contributed by atoms with Gasteiger partial charge in [-0.05, 0) is 18.6 Å². The van der Waals surface area contributed by atoms with Gasteiger partial charge in [0.15, 0.2) is 0 Å². The minimum Gasteiger partial charge on any atom is -0.481 e. The molecule has 0 saturated carbocycles. The molecule has 3 N–H and O–H groups in total. The van der Waals surface area contributed by atoms with E-state index >= 15 is 0 Å². The highest BCUT2D eigenvalue weighted by molar-refractivity contribution is 5.89. The first-order valence-corrected chi connectivity index (χ1v) is 4.33. The van der Waals surface area contributed by atoms with Gasteiger partial charge in [-0.2, -0.15) is 0 Å². The van der Waals surface area contributed by atoms with E-state index in [4.69, 9.17) is 5.11 Å². The normalized spacial score (nSPS) is 9.71. The second-order valence-corrected chi connectivity index (χ2v) is 2.88. The number of amides is 1. The Balaban J connectivity index is 2.20. The number of H-pyrrole nitrogens is 1. The minimum atomic E-state index is -0.877. The van der Waals surface area contributed by atoms with Crippen LogP contribution in [0, 0.1) is 0 Å². The average Bonchev–Trinajstić information content (AvgIpc) is 2.56. The number of anilines is 1. The molecule has 0 saturated heterocycles. The maximum Gasteiger partial charge on any atom is 0.303 e. The first-order chi connectivity index (χ1) is 6.68. The number of hydrogen-bond acceptors (Lipinski definition) is 2. The third-order valence-corrected chi connectivity index (χ3v) is 1.67. The zero-order chi connectivity index (χ0) is 10.4. The summed E-state index contributed by atoms with van der Waals surface area (Å²) >= 11 is 0. The molecule has 5 nitrogen and oxygen atoms in total. The van der Waals surface area contributed by atoms with E-state index in [9.17, 15) is 9.59 Å². The van der Waals surface area contributed by atoms with E-state index in [0.29, 0.717) is 12.2 Å². The molecule has 0 fully saturated rings. The molecule has 5 heteroatoms. The summed E-state index contributed by atoms with van der Waals surface area (Å²) in [6, 6.07) is 3.50. The third-order valence-electron chi connectivity index (χ3n) is 1.67. The van der Waals surface area contributed by atoms with Crippen molar-refractivity contribution in [3.05, 3.63) is 18.3 Å². The van der Waals surface area contributed by atoms with Crippen LogP contribution in [0.15, 0.2) is 18.3 Å². The van der Waals surface area contributed by atoms with Crippen LogP contribution in [0.25, 0.3) is 0 Å². The molecule has 14 heavy (non-hydrogen) atoms. The van der Waals surface area contributed by atoms with Gasteiger partial charge in [0.2, 0.25) is 5.91 Å². The van der Waals surface area contributed by atoms with Gasteiger partial charge in [-0.3, -0.25) is 9.59 Å². The van der Waals surface area contributed by atoms with Crippen molar-refractivity contribution in [2.24, 2.45) is 0 Å². The van der Waals surface area contributed by atoms with Crippen LogP contribution < -0.4 is 5.32 Å². The van der Waals surface area contributed by atoms with Crippen LogP contribution in [-0.4, -0.2) is 22.0 Å². The number of carboxylic acid groups (broad SMARTS) is 1. The molecule has 0 bridgehead atoms. The fourth-order valence-electron chi connectivity index (χ4n) is 1.02. The summed E-state index contributed by atoms with van der Waals surface area (Å²) in [5, 5.41) is 11.0. The quantitative estimate of drug-likeness (QED) is 0.661. The topological polar surface area (TPSA) is 82.2 Å². The monoisotopic (exact) mass is 196 g/mol. The third kappa shape index (κ3) is 3.75. The summed E-state index contributed by atoms with van der Waals surface area (Å²) in [6.45, 7) is 0. The highest BCUT2D eigenvalue weighted by atomic mass is 16.4. The molecule has 1 amide bonds. The fraction of sp³-hybridized carbons (Fsp3) is 0.333. The number of aromatic amines is 1. The summed E-state index contributed by atoms with van der Waals surface area (Å²) in [5.41, 5.74) is 0. The highest BCUT2D eigenvalue weighted by Gasteiger charge is 2.04. The van der Waals surface area contributed by atoms with Gasteiger partial charge >= 0.3 is 5.97 Å². The Morgan fingerprint density at radius 1 is 1.43 bits per heavy atom. The number of rotatable bonds is 5. The standard InChI is InChI=1S/C9H12N2O3/c12-8(4-1-5-9(13)14)11-7-3-2-6-10-7/h2-3,6,10H,1,4-5H2,(H,11,12)(H,13,14). The molecule has 0 aliphatic rings. The van der Waals surface area contributed by atoms with Crippen LogP contribution in [-0.2, 0) is 9.59 Å². The second kappa shape index (κ2) is 5.06. The zero-order valence-corrected chi connectivity index (χ0v) is 7.62. The Kier molecular flexibility index (Phi) is 3.72. The van der Waals surface area contributed by atoms with Crippen LogP contribution in [0.4, 0.5) is 5.82 Å². The first kappa shape index (κ1) is 10.3. The number of aliphatic carboxylic acids is 1. The summed E-state index contributed by atoms with van der Waals surface area (Å²) in [5.74, 6) is -0.420. The SMILES string of the molecule is O=C(O)CCCC(=O)Nc1ccc[nH]1. The smallest absolute Gasteiger partial charge is 0.303 e. The van der Waals surface area contributed by atoms with Crippen molar-refractivity contribution in [1.29, 1.82) is 0 Å². The minimum absolute atomic E-state index is 0.0259. The van der Waals surface area contributed by atoms with E-state index in [1.807, 2.05) is 0 Å². The van der Waals surface area contributed by atoms with Crippen molar-refractivity contribution < 1.29 is 14.7 Å². The van der Waals surface area contributed by atoms with Gasteiger partial charge in [0, 0.05) is 19.0 Å². The number of aromatic nitrogens is 1. The summed E-state index contributed by atoms with van der Waals surface area (Å²) in [6.07, 6.45) is 2.32. The van der Waals surface area contributed by atoms with Crippen LogP contribution in [0.5, 0.6) is 0 Å². The van der Waals surface area contributed by atoms with Gasteiger partial charge in [0.25, 0.3) is 0 Å². The Morgan fingerprint density at radius 2 is 2.21 bits per heavy atom. The molecule has 1 heterocycles. The van der Waals surface area contributed by atoms with Crippen molar-refractivity contribution in [2.45, 2.75) is 19.3 Å². The van der Waals surface area contributed by atoms with E-state index in [0.717, 1.165) is 0 Å². The molecule has 1 aromatic rings. The van der Waals surface area contributed by atoms with Gasteiger partial charge in [0.05, 0.1) is 0 Å². The predicted octanol–water partition coefficient (Wildman–Crippen LogP) is 1.21. The van der Waals surface area contributed by atoms with Crippen molar-refractivity contribution >= 4 is 17.7 Å². The van der Waals surface area contributed by atoms with Crippen LogP contribution >= 0.6 is 0 Å². The van der Waals surface area contributed by atoms with E-state index in [1.54, 1.807) is 18.3 Å². The van der Waals surface area contributed by atoms with Crippen molar-refractivity contribution in [2.75, 3.05) is 5.32 Å². The maximum absolute atomic E-state index is 11.2. The van der Waals surface area contributed by atoms with E-state index in [-0.39, 0.29) is 18.7 Å². The van der Waals surface area contributed by atoms with E-state index < -0.39 is 5.97 Å². The average molecular weight is 196 g/mol. The first-order valence-electron chi connectivity index (χ1n) is 4.33. The zero-order valence-electron chi connectivity index (χ0n) is 7.62. The lowest BCUT2D eigenvalue weighted by Gasteiger charge is -2.00. The lowest BCUT2D eigenvalue weighted by Crippen LogP contribution is -2.11. The Labute approximate surface area is 81.1 Å². The predicted molar refractivity (Wildman–Crippen MR) is 50.9 cm³/mol. The Morgan fingerprint density at radius 3 is 2.79 bits per heavy atom. The van der Waals surface area contributed by atoms with Gasteiger partial charge in [-0.15, -0.1) is 0 Å². The summed E-state index contributed by atoms with van der Waals surface area (Å²) in [7, 11) is 0. The highest BCUT2D eigenvalue weighted by Crippen LogP contribution is 2.03. The van der Waals surface area contributed by atoms with Crippen molar-refractivity contribution in [3.8, 4) is 0 Å². The molecule has 0 aromatic carbocycles.